The summed E-state index contributed by atoms with van der Waals surface area (Å²) < 4.78 is 43.1. The maximum absolute atomic E-state index is 13.5. The summed E-state index contributed by atoms with van der Waals surface area (Å²) in [5, 5.41) is 12.6. The SMILES string of the molecule is COc1ccc(C(OC[C@H]2O[C@@H](n3cnc4c(=O)[nH]c(NC(=O)C(C)C)nc43)[C@H](OCC(C)(C)ON)[C@@H]2O[PH](O)(CCC#N)N(C(C)C)C(C)C)(c2ccccc2)c2ccc(OC)cc2)cc1. The van der Waals surface area contributed by atoms with Crippen LogP contribution in [0.15, 0.2) is 90.0 Å². The fraction of sp³-hybridized carbons (Fsp3) is 0.479. The monoisotopic (exact) mass is 944 g/mol. The summed E-state index contributed by atoms with van der Waals surface area (Å²) in [6.07, 6.45) is -2.93. The average molecular weight is 945 g/mol. The van der Waals surface area contributed by atoms with Gasteiger partial charge in [-0.3, -0.25) is 0 Å². The van der Waals surface area contributed by atoms with Gasteiger partial charge in [-0.2, -0.15) is 0 Å². The van der Waals surface area contributed by atoms with Gasteiger partial charge in [0, 0.05) is 0 Å². The van der Waals surface area contributed by atoms with Crippen molar-refractivity contribution in [2.24, 2.45) is 11.8 Å². The summed E-state index contributed by atoms with van der Waals surface area (Å²) in [5.41, 5.74) is -0.556. The number of methoxy groups -OCH3 is 2. The Morgan fingerprint density at radius 3 is 2.06 bits per heavy atom. The van der Waals surface area contributed by atoms with E-state index >= 15 is 0 Å². The number of benzene rings is 3. The summed E-state index contributed by atoms with van der Waals surface area (Å²) in [6.45, 7) is 14.5. The first-order valence-electron chi connectivity index (χ1n) is 22.4. The zero-order chi connectivity index (χ0) is 48.7. The van der Waals surface area contributed by atoms with Crippen molar-refractivity contribution >= 4 is 30.9 Å². The van der Waals surface area contributed by atoms with E-state index in [0.29, 0.717) is 11.5 Å². The van der Waals surface area contributed by atoms with E-state index in [9.17, 15) is 19.7 Å². The Kier molecular flexibility index (Phi) is 16.6. The van der Waals surface area contributed by atoms with Crippen molar-refractivity contribution in [2.45, 2.75) is 110 Å². The molecule has 0 bridgehead atoms. The number of nitrogens with one attached hydrogen (secondary N) is 2. The minimum atomic E-state index is -4.09. The molecule has 0 radical (unpaired) electrons. The van der Waals surface area contributed by atoms with Crippen LogP contribution in [-0.4, -0.2) is 105 Å². The van der Waals surface area contributed by atoms with E-state index in [-0.39, 0.29) is 60.9 Å². The summed E-state index contributed by atoms with van der Waals surface area (Å²) in [6, 6.07) is 26.8. The fourth-order valence-electron chi connectivity index (χ4n) is 8.52. The van der Waals surface area contributed by atoms with Crippen LogP contribution < -0.4 is 26.2 Å². The standard InChI is InChI=1S/C48H65N8O10P/c1-30(2)43(57)53-46-52-42-39(44(58)54-46)51-29-55(42)45-41(62-28-47(7,8)66-50)40(65-67(59,26-14-25-49)56(31(3)4)32(5)6)38(64-45)27-63-48(33-15-12-11-13-16-33,34-17-21-36(60-9)22-18-34)35-19-23-37(61-10)24-20-35/h11-13,15-24,29-32,38,40-41,45,59,67H,14,26-28,50H2,1-10H3,(H2,52,53,54,57,58)/t38-,40-,41-,45-/m1/s1. The molecule has 4 atom stereocenters. The molecule has 0 aliphatic carbocycles. The van der Waals surface area contributed by atoms with Crippen LogP contribution in [0.2, 0.25) is 0 Å². The second-order valence-electron chi connectivity index (χ2n) is 18.0. The zero-order valence-corrected chi connectivity index (χ0v) is 40.9. The Morgan fingerprint density at radius 2 is 1.54 bits per heavy atom. The average Bonchev–Trinajstić information content (AvgIpc) is 3.89. The number of amides is 1. The van der Waals surface area contributed by atoms with Crippen molar-refractivity contribution in [3.63, 3.8) is 0 Å². The van der Waals surface area contributed by atoms with Gasteiger partial charge in [0.1, 0.15) is 0 Å². The van der Waals surface area contributed by atoms with Gasteiger partial charge in [-0.25, -0.2) is 0 Å². The summed E-state index contributed by atoms with van der Waals surface area (Å²) in [7, 11) is -0.888. The number of aromatic amines is 1. The molecule has 67 heavy (non-hydrogen) atoms. The van der Waals surface area contributed by atoms with Crippen LogP contribution in [0, 0.1) is 17.2 Å². The van der Waals surface area contributed by atoms with Crippen LogP contribution in [0.25, 0.3) is 11.2 Å². The predicted octanol–water partition coefficient (Wildman–Crippen LogP) is 6.60. The Hall–Kier alpha value is -5.32. The number of ether oxygens (including phenoxy) is 5. The van der Waals surface area contributed by atoms with Crippen molar-refractivity contribution in [1.29, 1.82) is 5.26 Å². The van der Waals surface area contributed by atoms with Crippen molar-refractivity contribution in [3.8, 4) is 17.6 Å². The van der Waals surface area contributed by atoms with Crippen LogP contribution in [0.3, 0.4) is 0 Å². The second-order valence-corrected chi connectivity index (χ2v) is 20.7. The molecule has 1 fully saturated rings. The number of nitrogens with zero attached hydrogens (tertiary/aromatic N) is 5. The van der Waals surface area contributed by atoms with E-state index in [1.165, 1.54) is 6.33 Å². The van der Waals surface area contributed by atoms with Gasteiger partial charge in [0.15, 0.2) is 0 Å². The topological polar surface area (TPSA) is 231 Å². The Labute approximate surface area is 392 Å². The first-order chi connectivity index (χ1) is 31.9. The molecule has 18 nitrogen and oxygen atoms in total. The molecule has 1 amide bonds. The molecule has 3 heterocycles. The van der Waals surface area contributed by atoms with Crippen LogP contribution in [0.1, 0.15) is 84.7 Å². The number of nitriles is 1. The van der Waals surface area contributed by atoms with Crippen molar-refractivity contribution in [1.82, 2.24) is 24.2 Å². The molecule has 5 aromatic rings. The fourth-order valence-corrected chi connectivity index (χ4v) is 11.8. The van der Waals surface area contributed by atoms with E-state index in [2.05, 4.69) is 26.3 Å². The Bertz CT molecular complexity index is 2460. The molecule has 19 heteroatoms. The van der Waals surface area contributed by atoms with Gasteiger partial charge in [-0.15, -0.1) is 0 Å². The predicted molar refractivity (Wildman–Crippen MR) is 255 cm³/mol. The number of aromatic nitrogens is 4. The Balaban J connectivity index is 1.58. The number of rotatable bonds is 22. The van der Waals surface area contributed by atoms with Crippen molar-refractivity contribution < 1.29 is 42.7 Å². The molecule has 0 saturated carbocycles. The zero-order valence-electron chi connectivity index (χ0n) is 39.9. The van der Waals surface area contributed by atoms with Crippen molar-refractivity contribution in [3.05, 3.63) is 112 Å². The quantitative estimate of drug-likeness (QED) is 0.0326. The molecule has 0 spiro atoms. The molecule has 3 aromatic carbocycles. The molecular formula is C48H65N8O10P. The third-order valence-corrected chi connectivity index (χ3v) is 15.1. The van der Waals surface area contributed by atoms with Gasteiger partial charge in [0.25, 0.3) is 0 Å². The number of H-pyrrole nitrogens is 1. The van der Waals surface area contributed by atoms with Crippen LogP contribution in [0.5, 0.6) is 11.5 Å². The van der Waals surface area contributed by atoms with Gasteiger partial charge in [0.05, 0.1) is 0 Å². The third kappa shape index (κ3) is 11.2. The van der Waals surface area contributed by atoms with E-state index in [0.717, 1.165) is 16.7 Å². The molecule has 362 valence electrons. The first-order valence-corrected chi connectivity index (χ1v) is 24.4. The van der Waals surface area contributed by atoms with Crippen molar-refractivity contribution in [2.75, 3.05) is 38.9 Å². The number of carbonyl (C=O) groups excluding carboxylic acids is 1. The van der Waals surface area contributed by atoms with Gasteiger partial charge in [-0.1, -0.05) is 0 Å². The number of fused-ring (bicyclic) bond motifs is 1. The molecule has 1 aliphatic rings. The Morgan fingerprint density at radius 1 is 0.955 bits per heavy atom. The van der Waals surface area contributed by atoms with Crippen LogP contribution in [-0.2, 0) is 34.0 Å². The molecular weight excluding hydrogens is 880 g/mol. The van der Waals surface area contributed by atoms with Gasteiger partial charge in [-0.05, 0) is 0 Å². The van der Waals surface area contributed by atoms with Crippen LogP contribution in [0.4, 0.5) is 5.95 Å². The molecule has 2 aromatic heterocycles. The number of hydrogen-bond donors (Lipinski definition) is 4. The number of nitrogens with two attached hydrogens (primary N) is 1. The van der Waals surface area contributed by atoms with E-state index in [4.69, 9.17) is 38.9 Å². The van der Waals surface area contributed by atoms with E-state index in [1.807, 2.05) is 111 Å². The van der Waals surface area contributed by atoms with Gasteiger partial charge >= 0.3 is 393 Å². The normalized spacial score (nSPS) is 18.3. The van der Waals surface area contributed by atoms with Gasteiger partial charge < -0.3 is 0 Å². The van der Waals surface area contributed by atoms with Gasteiger partial charge in [0.2, 0.25) is 0 Å². The molecule has 0 unspecified atom stereocenters. The molecule has 5 N–H and O–H groups in total. The van der Waals surface area contributed by atoms with E-state index < -0.39 is 55.1 Å². The van der Waals surface area contributed by atoms with Crippen LogP contribution >= 0.6 is 7.87 Å². The maximum atomic E-state index is 13.5. The first kappa shape index (κ1) is 51.1. The molecule has 1 saturated heterocycles. The number of carbonyl (C=O) groups is 1. The summed E-state index contributed by atoms with van der Waals surface area (Å²) in [5.74, 6) is 6.20. The summed E-state index contributed by atoms with van der Waals surface area (Å²) in [4.78, 5) is 56.4. The minimum absolute atomic E-state index is 0.00614. The summed E-state index contributed by atoms with van der Waals surface area (Å²) >= 11 is 0. The molecule has 6 rings (SSSR count). The third-order valence-electron chi connectivity index (χ3n) is 11.7. The number of hydrogen-bond acceptors (Lipinski definition) is 15. The van der Waals surface area contributed by atoms with E-state index in [1.54, 1.807) is 46.5 Å². The molecule has 1 aliphatic heterocycles. The number of imidazole rings is 1. The number of anilines is 1. The second kappa shape index (κ2) is 21.8.